The maximum absolute atomic E-state index is 12.4. The van der Waals surface area contributed by atoms with Gasteiger partial charge in [0, 0.05) is 30.7 Å². The first-order chi connectivity index (χ1) is 11.5. The Morgan fingerprint density at radius 1 is 1.33 bits per heavy atom. The lowest BCUT2D eigenvalue weighted by Crippen LogP contribution is -2.25. The third-order valence-corrected chi connectivity index (χ3v) is 4.54. The highest BCUT2D eigenvalue weighted by atomic mass is 79.9. The summed E-state index contributed by atoms with van der Waals surface area (Å²) >= 11 is 3.44. The molecule has 0 aliphatic carbocycles. The number of carbonyl (C=O) groups is 1. The zero-order chi connectivity index (χ0) is 17.3. The largest absolute Gasteiger partial charge is 0.352 e. The summed E-state index contributed by atoms with van der Waals surface area (Å²) in [6.45, 7) is 7.12. The average molecular weight is 391 g/mol. The Kier molecular flexibility index (Phi) is 4.66. The molecule has 0 saturated heterocycles. The molecule has 0 aromatic carbocycles. The maximum atomic E-state index is 12.4. The van der Waals surface area contributed by atoms with E-state index < -0.39 is 0 Å². The normalized spacial score (nSPS) is 11.2. The van der Waals surface area contributed by atoms with E-state index in [4.69, 9.17) is 0 Å². The third kappa shape index (κ3) is 3.33. The first-order valence-electron chi connectivity index (χ1n) is 7.75. The Morgan fingerprint density at radius 2 is 2.12 bits per heavy atom. The van der Waals surface area contributed by atoms with Crippen LogP contribution in [0.5, 0.6) is 0 Å². The van der Waals surface area contributed by atoms with Gasteiger partial charge in [0.2, 0.25) is 0 Å². The molecule has 1 amide bonds. The summed E-state index contributed by atoms with van der Waals surface area (Å²) < 4.78 is 4.55. The number of nitrogens with zero attached hydrogens (tertiary/aromatic N) is 5. The highest BCUT2D eigenvalue weighted by Gasteiger charge is 2.15. The van der Waals surface area contributed by atoms with Crippen LogP contribution in [0.4, 0.5) is 0 Å². The molecule has 0 unspecified atom stereocenters. The minimum absolute atomic E-state index is 0.152. The summed E-state index contributed by atoms with van der Waals surface area (Å²) in [6.07, 6.45) is 4.31. The number of nitrogens with one attached hydrogen (secondary N) is 1. The van der Waals surface area contributed by atoms with Gasteiger partial charge in [-0.3, -0.25) is 9.48 Å². The van der Waals surface area contributed by atoms with Crippen LogP contribution in [0, 0.1) is 20.8 Å². The van der Waals surface area contributed by atoms with Crippen molar-refractivity contribution in [3.63, 3.8) is 0 Å². The quantitative estimate of drug-likeness (QED) is 0.678. The molecule has 0 radical (unpaired) electrons. The lowest BCUT2D eigenvalue weighted by molar-refractivity contribution is 0.0954. The third-order valence-electron chi connectivity index (χ3n) is 3.76. The van der Waals surface area contributed by atoms with E-state index in [0.717, 1.165) is 34.5 Å². The second-order valence-corrected chi connectivity index (χ2v) is 6.62. The first kappa shape index (κ1) is 16.6. The SMILES string of the molecule is Cc1cc(C)n2ncc(C(=O)NCCCn3cc(Br)c(C)n3)c2n1. The van der Waals surface area contributed by atoms with Crippen LogP contribution in [0.15, 0.2) is 22.9 Å². The average Bonchev–Trinajstić information content (AvgIpc) is 3.07. The summed E-state index contributed by atoms with van der Waals surface area (Å²) in [5, 5.41) is 11.5. The molecule has 0 saturated carbocycles. The van der Waals surface area contributed by atoms with Crippen molar-refractivity contribution in [2.45, 2.75) is 33.7 Å². The molecule has 0 aliphatic heterocycles. The van der Waals surface area contributed by atoms with Gasteiger partial charge in [0.15, 0.2) is 5.65 Å². The smallest absolute Gasteiger partial charge is 0.256 e. The van der Waals surface area contributed by atoms with Crippen LogP contribution in [-0.2, 0) is 6.54 Å². The molecule has 3 heterocycles. The number of amides is 1. The van der Waals surface area contributed by atoms with Crippen LogP contribution >= 0.6 is 15.9 Å². The van der Waals surface area contributed by atoms with Gasteiger partial charge in [0.1, 0.15) is 5.56 Å². The molecule has 3 rings (SSSR count). The molecule has 7 nitrogen and oxygen atoms in total. The number of carbonyl (C=O) groups excluding carboxylic acids is 1. The molecule has 0 bridgehead atoms. The molecule has 3 aromatic rings. The number of aryl methyl sites for hydroxylation is 4. The van der Waals surface area contributed by atoms with E-state index in [2.05, 4.69) is 36.4 Å². The Balaban J connectivity index is 1.61. The van der Waals surface area contributed by atoms with Crippen molar-refractivity contribution in [1.82, 2.24) is 29.7 Å². The zero-order valence-electron chi connectivity index (χ0n) is 13.9. The van der Waals surface area contributed by atoms with Crippen molar-refractivity contribution < 1.29 is 4.79 Å². The number of rotatable bonds is 5. The van der Waals surface area contributed by atoms with Crippen LogP contribution in [-0.4, -0.2) is 36.8 Å². The van der Waals surface area contributed by atoms with Crippen molar-refractivity contribution >= 4 is 27.5 Å². The van der Waals surface area contributed by atoms with Crippen molar-refractivity contribution in [3.05, 3.63) is 45.6 Å². The van der Waals surface area contributed by atoms with Gasteiger partial charge in [-0.1, -0.05) is 0 Å². The van der Waals surface area contributed by atoms with Crippen molar-refractivity contribution in [2.24, 2.45) is 0 Å². The van der Waals surface area contributed by atoms with Gasteiger partial charge < -0.3 is 5.32 Å². The molecule has 24 heavy (non-hydrogen) atoms. The second-order valence-electron chi connectivity index (χ2n) is 5.77. The van der Waals surface area contributed by atoms with E-state index in [-0.39, 0.29) is 5.91 Å². The Labute approximate surface area is 148 Å². The Hall–Kier alpha value is -2.22. The minimum Gasteiger partial charge on any atom is -0.352 e. The van der Waals surface area contributed by atoms with Crippen LogP contribution in [0.1, 0.15) is 33.9 Å². The summed E-state index contributed by atoms with van der Waals surface area (Å²) in [5.41, 5.74) is 3.88. The van der Waals surface area contributed by atoms with Gasteiger partial charge in [0.25, 0.3) is 5.91 Å². The van der Waals surface area contributed by atoms with Gasteiger partial charge in [-0.2, -0.15) is 10.2 Å². The maximum Gasteiger partial charge on any atom is 0.256 e. The second kappa shape index (κ2) is 6.72. The highest BCUT2D eigenvalue weighted by molar-refractivity contribution is 9.10. The molecule has 0 aliphatic rings. The van der Waals surface area contributed by atoms with Crippen LogP contribution < -0.4 is 5.32 Å². The number of halogens is 1. The van der Waals surface area contributed by atoms with E-state index in [9.17, 15) is 4.79 Å². The number of hydrogen-bond donors (Lipinski definition) is 1. The summed E-state index contributed by atoms with van der Waals surface area (Å²) in [4.78, 5) is 16.8. The predicted octanol–water partition coefficient (Wildman–Crippen LogP) is 2.43. The van der Waals surface area contributed by atoms with Crippen LogP contribution in [0.2, 0.25) is 0 Å². The zero-order valence-corrected chi connectivity index (χ0v) is 15.5. The molecule has 8 heteroatoms. The predicted molar refractivity (Wildman–Crippen MR) is 94.1 cm³/mol. The molecule has 1 N–H and O–H groups in total. The molecular formula is C16H19BrN6O. The van der Waals surface area contributed by atoms with Crippen LogP contribution in [0.3, 0.4) is 0 Å². The number of aromatic nitrogens is 5. The van der Waals surface area contributed by atoms with Gasteiger partial charge in [-0.05, 0) is 49.2 Å². The fraction of sp³-hybridized carbons (Fsp3) is 0.375. The first-order valence-corrected chi connectivity index (χ1v) is 8.55. The van der Waals surface area contributed by atoms with Crippen molar-refractivity contribution in [3.8, 4) is 0 Å². The van der Waals surface area contributed by atoms with Gasteiger partial charge in [-0.25, -0.2) is 9.50 Å². The molecule has 0 fully saturated rings. The van der Waals surface area contributed by atoms with E-state index in [1.165, 1.54) is 0 Å². The lowest BCUT2D eigenvalue weighted by Gasteiger charge is -2.05. The molecular weight excluding hydrogens is 372 g/mol. The van der Waals surface area contributed by atoms with Crippen molar-refractivity contribution in [2.75, 3.05) is 6.54 Å². The Morgan fingerprint density at radius 3 is 2.83 bits per heavy atom. The topological polar surface area (TPSA) is 77.1 Å². The molecule has 0 spiro atoms. The monoisotopic (exact) mass is 390 g/mol. The van der Waals surface area contributed by atoms with E-state index in [1.54, 1.807) is 10.7 Å². The summed E-state index contributed by atoms with van der Waals surface area (Å²) in [5.74, 6) is -0.152. The van der Waals surface area contributed by atoms with Gasteiger partial charge >= 0.3 is 0 Å². The van der Waals surface area contributed by atoms with Gasteiger partial charge in [0.05, 0.1) is 16.4 Å². The van der Waals surface area contributed by atoms with Crippen molar-refractivity contribution in [1.29, 1.82) is 0 Å². The van der Waals surface area contributed by atoms with E-state index in [1.807, 2.05) is 37.7 Å². The van der Waals surface area contributed by atoms with Gasteiger partial charge in [-0.15, -0.1) is 0 Å². The highest BCUT2D eigenvalue weighted by Crippen LogP contribution is 2.13. The molecule has 3 aromatic heterocycles. The lowest BCUT2D eigenvalue weighted by atomic mass is 10.3. The fourth-order valence-electron chi connectivity index (χ4n) is 2.58. The number of hydrogen-bond acceptors (Lipinski definition) is 4. The standard InChI is InChI=1S/C16H19BrN6O/c1-10-7-11(2)23-15(20-10)13(8-19-23)16(24)18-5-4-6-22-9-14(17)12(3)21-22/h7-9H,4-6H2,1-3H3,(H,18,24). The minimum atomic E-state index is -0.152. The molecule has 126 valence electrons. The summed E-state index contributed by atoms with van der Waals surface area (Å²) in [6, 6.07) is 1.94. The van der Waals surface area contributed by atoms with Crippen LogP contribution in [0.25, 0.3) is 5.65 Å². The van der Waals surface area contributed by atoms with E-state index in [0.29, 0.717) is 17.8 Å². The Bertz CT molecular complexity index is 878. The number of fused-ring (bicyclic) bond motifs is 1. The molecule has 0 atom stereocenters. The van der Waals surface area contributed by atoms with E-state index >= 15 is 0 Å². The fourth-order valence-corrected chi connectivity index (χ4v) is 2.89. The summed E-state index contributed by atoms with van der Waals surface area (Å²) in [7, 11) is 0.